The number of amides is 1. The van der Waals surface area contributed by atoms with E-state index in [1.807, 2.05) is 25.2 Å². The van der Waals surface area contributed by atoms with Crippen LogP contribution in [0.3, 0.4) is 0 Å². The topological polar surface area (TPSA) is 81.7 Å². The maximum absolute atomic E-state index is 11.5. The molecule has 2 aromatic rings. The number of piperidine rings is 1. The molecule has 0 saturated carbocycles. The van der Waals surface area contributed by atoms with Crippen molar-refractivity contribution in [2.75, 3.05) is 45.6 Å². The van der Waals surface area contributed by atoms with E-state index in [1.165, 1.54) is 4.70 Å². The summed E-state index contributed by atoms with van der Waals surface area (Å²) in [5.41, 5.74) is 1.04. The quantitative estimate of drug-likeness (QED) is 0.401. The molecule has 1 amide bonds. The molecule has 1 aromatic heterocycles. The molecule has 27 heavy (non-hydrogen) atoms. The molecule has 0 bridgehead atoms. The molecule has 0 unspecified atom stereocenters. The van der Waals surface area contributed by atoms with Crippen molar-refractivity contribution in [1.29, 1.82) is 0 Å². The summed E-state index contributed by atoms with van der Waals surface area (Å²) < 4.78 is 1.20. The Balaban J connectivity index is 1.40. The molecule has 1 aromatic carbocycles. The zero-order valence-corrected chi connectivity index (χ0v) is 16.8. The van der Waals surface area contributed by atoms with Crippen molar-refractivity contribution in [2.45, 2.75) is 19.3 Å². The molecule has 1 fully saturated rings. The van der Waals surface area contributed by atoms with E-state index in [-0.39, 0.29) is 5.91 Å². The summed E-state index contributed by atoms with van der Waals surface area (Å²) in [4.78, 5) is 22.8. The van der Waals surface area contributed by atoms with E-state index < -0.39 is 0 Å². The Labute approximate surface area is 164 Å². The molecular weight excluding hydrogens is 360 g/mol. The predicted molar refractivity (Wildman–Crippen MR) is 112 cm³/mol. The average Bonchev–Trinajstić information content (AvgIpc) is 3.11. The van der Waals surface area contributed by atoms with Crippen LogP contribution in [-0.2, 0) is 4.79 Å². The van der Waals surface area contributed by atoms with Crippen LogP contribution in [-0.4, -0.2) is 62.0 Å². The van der Waals surface area contributed by atoms with Crippen molar-refractivity contribution in [1.82, 2.24) is 20.5 Å². The minimum atomic E-state index is 0.136. The first-order chi connectivity index (χ1) is 13.2. The maximum Gasteiger partial charge on any atom is 0.220 e. The first-order valence-electron chi connectivity index (χ1n) is 9.45. The lowest BCUT2D eigenvalue weighted by Gasteiger charge is -2.34. The molecule has 1 aliphatic heterocycles. The smallest absolute Gasteiger partial charge is 0.220 e. The number of aromatic nitrogens is 1. The summed E-state index contributed by atoms with van der Waals surface area (Å²) in [6.45, 7) is 3.44. The fraction of sp³-hybridized carbons (Fsp3) is 0.526. The monoisotopic (exact) mass is 388 g/mol. The normalized spacial score (nSPS) is 15.8. The third-order valence-electron chi connectivity index (χ3n) is 4.86. The Bertz CT molecular complexity index is 748. The van der Waals surface area contributed by atoms with Gasteiger partial charge in [-0.3, -0.25) is 9.79 Å². The van der Waals surface area contributed by atoms with Crippen molar-refractivity contribution in [3.05, 3.63) is 24.3 Å². The number of rotatable bonds is 6. The summed E-state index contributed by atoms with van der Waals surface area (Å²) in [5.74, 6) is 1.54. The zero-order valence-electron chi connectivity index (χ0n) is 16.0. The van der Waals surface area contributed by atoms with E-state index >= 15 is 0 Å². The van der Waals surface area contributed by atoms with Crippen LogP contribution in [0.4, 0.5) is 5.13 Å². The molecule has 8 heteroatoms. The number of carbonyl (C=O) groups is 1. The number of likely N-dealkylation sites (tertiary alicyclic amines) is 1. The van der Waals surface area contributed by atoms with E-state index in [9.17, 15) is 4.79 Å². The largest absolute Gasteiger partial charge is 0.360 e. The Kier molecular flexibility index (Phi) is 6.86. The first kappa shape index (κ1) is 19.4. The molecule has 0 radical (unpaired) electrons. The Morgan fingerprint density at radius 3 is 2.78 bits per heavy atom. The van der Waals surface area contributed by atoms with Gasteiger partial charge in [0.2, 0.25) is 5.91 Å². The number of nitrogens with zero attached hydrogens (tertiary/aromatic N) is 3. The SMILES string of the molecule is CN=C(NCCNc1nc2ccccc2s1)N1CCC(CC(=O)NC)CC1. The van der Waals surface area contributed by atoms with Gasteiger partial charge in [0.1, 0.15) is 0 Å². The molecule has 0 spiro atoms. The highest BCUT2D eigenvalue weighted by atomic mass is 32.1. The van der Waals surface area contributed by atoms with Crippen molar-refractivity contribution in [3.8, 4) is 0 Å². The van der Waals surface area contributed by atoms with Gasteiger partial charge in [-0.05, 0) is 30.9 Å². The molecule has 7 nitrogen and oxygen atoms in total. The lowest BCUT2D eigenvalue weighted by atomic mass is 9.93. The standard InChI is InChI=1S/C19H28N6OS/c1-20-17(26)13-14-7-11-25(12-8-14)18(21-2)22-9-10-23-19-24-15-5-3-4-6-16(15)27-19/h3-6,14H,7-13H2,1-2H3,(H,20,26)(H,21,22)(H,23,24). The van der Waals surface area contributed by atoms with Gasteiger partial charge in [0, 0.05) is 46.7 Å². The van der Waals surface area contributed by atoms with Gasteiger partial charge in [0.05, 0.1) is 10.2 Å². The van der Waals surface area contributed by atoms with Gasteiger partial charge in [-0.2, -0.15) is 0 Å². The average molecular weight is 389 g/mol. The summed E-state index contributed by atoms with van der Waals surface area (Å²) in [6.07, 6.45) is 2.68. The van der Waals surface area contributed by atoms with E-state index in [4.69, 9.17) is 0 Å². The van der Waals surface area contributed by atoms with Crippen LogP contribution < -0.4 is 16.0 Å². The number of benzene rings is 1. The molecule has 1 aliphatic rings. The number of nitrogens with one attached hydrogen (secondary N) is 3. The highest BCUT2D eigenvalue weighted by Gasteiger charge is 2.22. The molecule has 1 saturated heterocycles. The van der Waals surface area contributed by atoms with Crippen LogP contribution in [0.25, 0.3) is 10.2 Å². The fourth-order valence-corrected chi connectivity index (χ4v) is 4.23. The van der Waals surface area contributed by atoms with Gasteiger partial charge in [-0.15, -0.1) is 0 Å². The minimum absolute atomic E-state index is 0.136. The molecule has 146 valence electrons. The fourth-order valence-electron chi connectivity index (χ4n) is 3.34. The van der Waals surface area contributed by atoms with Gasteiger partial charge >= 0.3 is 0 Å². The van der Waals surface area contributed by atoms with Crippen LogP contribution in [0.2, 0.25) is 0 Å². The molecule has 2 heterocycles. The second-order valence-corrected chi connectivity index (χ2v) is 7.73. The number of anilines is 1. The van der Waals surface area contributed by atoms with E-state index in [0.717, 1.165) is 55.6 Å². The van der Waals surface area contributed by atoms with E-state index in [1.54, 1.807) is 18.4 Å². The highest BCUT2D eigenvalue weighted by Crippen LogP contribution is 2.25. The van der Waals surface area contributed by atoms with Gasteiger partial charge < -0.3 is 20.9 Å². The molecule has 0 atom stereocenters. The van der Waals surface area contributed by atoms with Crippen LogP contribution in [0.15, 0.2) is 29.3 Å². The Morgan fingerprint density at radius 1 is 1.30 bits per heavy atom. The van der Waals surface area contributed by atoms with Crippen LogP contribution in [0.5, 0.6) is 0 Å². The van der Waals surface area contributed by atoms with Crippen molar-refractivity contribution >= 4 is 38.6 Å². The number of fused-ring (bicyclic) bond motifs is 1. The number of hydrogen-bond donors (Lipinski definition) is 3. The number of thiazole rings is 1. The second-order valence-electron chi connectivity index (χ2n) is 6.70. The summed E-state index contributed by atoms with van der Waals surface area (Å²) in [7, 11) is 3.52. The predicted octanol–water partition coefficient (Wildman–Crippen LogP) is 2.13. The third-order valence-corrected chi connectivity index (χ3v) is 5.85. The Morgan fingerprint density at radius 2 is 2.07 bits per heavy atom. The van der Waals surface area contributed by atoms with Gasteiger partial charge in [0.15, 0.2) is 11.1 Å². The summed E-state index contributed by atoms with van der Waals surface area (Å²) >= 11 is 1.67. The number of hydrogen-bond acceptors (Lipinski definition) is 5. The van der Waals surface area contributed by atoms with Crippen molar-refractivity contribution < 1.29 is 4.79 Å². The maximum atomic E-state index is 11.5. The number of carbonyl (C=O) groups excluding carboxylic acids is 1. The van der Waals surface area contributed by atoms with Crippen LogP contribution in [0.1, 0.15) is 19.3 Å². The van der Waals surface area contributed by atoms with Crippen molar-refractivity contribution in [2.24, 2.45) is 10.9 Å². The third kappa shape index (κ3) is 5.32. The Hall–Kier alpha value is -2.35. The second kappa shape index (κ2) is 9.55. The summed E-state index contributed by atoms with van der Waals surface area (Å²) in [6, 6.07) is 8.17. The first-order valence-corrected chi connectivity index (χ1v) is 10.3. The molecule has 3 rings (SSSR count). The molecular formula is C19H28N6OS. The number of aliphatic imine (C=N–C) groups is 1. The minimum Gasteiger partial charge on any atom is -0.360 e. The zero-order chi connectivity index (χ0) is 19.1. The molecule has 0 aliphatic carbocycles. The number of para-hydroxylation sites is 1. The summed E-state index contributed by atoms with van der Waals surface area (Å²) in [5, 5.41) is 10.5. The highest BCUT2D eigenvalue weighted by molar-refractivity contribution is 7.22. The van der Waals surface area contributed by atoms with Crippen molar-refractivity contribution in [3.63, 3.8) is 0 Å². The van der Waals surface area contributed by atoms with Gasteiger partial charge in [0.25, 0.3) is 0 Å². The van der Waals surface area contributed by atoms with E-state index in [0.29, 0.717) is 12.3 Å². The molecule has 3 N–H and O–H groups in total. The lowest BCUT2D eigenvalue weighted by Crippen LogP contribution is -2.47. The number of guanidine groups is 1. The lowest BCUT2D eigenvalue weighted by molar-refractivity contribution is -0.121. The van der Waals surface area contributed by atoms with Crippen LogP contribution >= 0.6 is 11.3 Å². The van der Waals surface area contributed by atoms with Gasteiger partial charge in [-0.1, -0.05) is 23.5 Å². The van der Waals surface area contributed by atoms with Crippen LogP contribution in [0, 0.1) is 5.92 Å². The van der Waals surface area contributed by atoms with Gasteiger partial charge in [-0.25, -0.2) is 4.98 Å². The van der Waals surface area contributed by atoms with E-state index in [2.05, 4.69) is 36.9 Å².